The minimum Gasteiger partial charge on any atom is -0.398 e. The summed E-state index contributed by atoms with van der Waals surface area (Å²) < 4.78 is 0. The molecule has 0 bridgehead atoms. The van der Waals surface area contributed by atoms with Crippen molar-refractivity contribution in [2.24, 2.45) is 0 Å². The highest BCUT2D eigenvalue weighted by atomic mass is 35.5. The molecule has 100 valence electrons. The molecular weight excluding hydrogens is 252 g/mol. The lowest BCUT2D eigenvalue weighted by Gasteiger charge is -2.29. The number of hydrogen-bond donors (Lipinski definition) is 3. The Balaban J connectivity index is 2.90. The molecule has 1 aromatic carbocycles. The van der Waals surface area contributed by atoms with Gasteiger partial charge in [0.25, 0.3) is 5.91 Å². The van der Waals surface area contributed by atoms with Crippen molar-refractivity contribution in [3.63, 3.8) is 0 Å². The van der Waals surface area contributed by atoms with Gasteiger partial charge in [0.1, 0.15) is 0 Å². The highest BCUT2D eigenvalue weighted by Gasteiger charge is 2.25. The number of amides is 1. The Labute approximate surface area is 112 Å². The van der Waals surface area contributed by atoms with E-state index in [9.17, 15) is 4.79 Å². The minimum absolute atomic E-state index is 0.0235. The van der Waals surface area contributed by atoms with Gasteiger partial charge in [-0.15, -0.1) is 0 Å². The predicted molar refractivity (Wildman–Crippen MR) is 73.7 cm³/mol. The van der Waals surface area contributed by atoms with Crippen LogP contribution in [0.1, 0.15) is 37.0 Å². The van der Waals surface area contributed by atoms with Crippen LogP contribution in [0.4, 0.5) is 5.69 Å². The van der Waals surface area contributed by atoms with Crippen molar-refractivity contribution in [2.45, 2.75) is 32.2 Å². The third-order valence-corrected chi connectivity index (χ3v) is 3.35. The van der Waals surface area contributed by atoms with E-state index in [2.05, 4.69) is 5.32 Å². The van der Waals surface area contributed by atoms with E-state index in [0.29, 0.717) is 22.7 Å². The first-order valence-corrected chi connectivity index (χ1v) is 6.28. The summed E-state index contributed by atoms with van der Waals surface area (Å²) in [6.07, 6.45) is 1.22. The molecule has 1 amide bonds. The lowest BCUT2D eigenvalue weighted by Crippen LogP contribution is -2.46. The number of halogens is 1. The summed E-state index contributed by atoms with van der Waals surface area (Å²) >= 11 is 5.85. The Morgan fingerprint density at radius 1 is 1.56 bits per heavy atom. The van der Waals surface area contributed by atoms with Crippen LogP contribution in [-0.2, 0) is 0 Å². The first-order valence-electron chi connectivity index (χ1n) is 5.90. The number of benzene rings is 1. The fourth-order valence-electron chi connectivity index (χ4n) is 1.64. The second kappa shape index (κ2) is 6.07. The molecule has 4 N–H and O–H groups in total. The molecule has 0 saturated carbocycles. The van der Waals surface area contributed by atoms with Crippen LogP contribution in [0.3, 0.4) is 0 Å². The molecule has 4 nitrogen and oxygen atoms in total. The maximum atomic E-state index is 12.1. The van der Waals surface area contributed by atoms with E-state index in [1.54, 1.807) is 18.2 Å². The average Bonchev–Trinajstić information content (AvgIpc) is 2.32. The molecule has 1 rings (SSSR count). The number of carbonyl (C=O) groups is 1. The summed E-state index contributed by atoms with van der Waals surface area (Å²) in [5.74, 6) is -0.271. The molecule has 0 spiro atoms. The van der Waals surface area contributed by atoms with Crippen LogP contribution in [0, 0.1) is 0 Å². The van der Waals surface area contributed by atoms with E-state index in [1.807, 2.05) is 13.8 Å². The topological polar surface area (TPSA) is 75.3 Å². The number of aliphatic hydroxyl groups is 1. The van der Waals surface area contributed by atoms with Gasteiger partial charge in [-0.2, -0.15) is 0 Å². The standard InChI is InChI=1S/C13H19ClN2O2/c1-3-13(2,6-7-17)16-12(18)10-8-9(14)4-5-11(10)15/h4-5,8,17H,3,6-7,15H2,1-2H3,(H,16,18). The molecule has 0 aliphatic rings. The van der Waals surface area contributed by atoms with E-state index >= 15 is 0 Å². The lowest BCUT2D eigenvalue weighted by molar-refractivity contribution is 0.0887. The van der Waals surface area contributed by atoms with Crippen LogP contribution in [0.15, 0.2) is 18.2 Å². The lowest BCUT2D eigenvalue weighted by atomic mass is 9.94. The van der Waals surface area contributed by atoms with Crippen LogP contribution in [0.5, 0.6) is 0 Å². The van der Waals surface area contributed by atoms with Crippen molar-refractivity contribution < 1.29 is 9.90 Å². The molecule has 1 atom stereocenters. The van der Waals surface area contributed by atoms with Gasteiger partial charge in [-0.05, 0) is 38.0 Å². The number of nitrogens with one attached hydrogen (secondary N) is 1. The molecule has 0 aliphatic heterocycles. The summed E-state index contributed by atoms with van der Waals surface area (Å²) in [6, 6.07) is 4.79. The fraction of sp³-hybridized carbons (Fsp3) is 0.462. The van der Waals surface area contributed by atoms with Crippen LogP contribution in [0.25, 0.3) is 0 Å². The van der Waals surface area contributed by atoms with E-state index in [4.69, 9.17) is 22.4 Å². The third-order valence-electron chi connectivity index (χ3n) is 3.12. The Kier molecular flexibility index (Phi) is 4.99. The first kappa shape index (κ1) is 14.8. The van der Waals surface area contributed by atoms with Crippen molar-refractivity contribution in [1.29, 1.82) is 0 Å². The van der Waals surface area contributed by atoms with Gasteiger partial charge in [0.2, 0.25) is 0 Å². The Morgan fingerprint density at radius 3 is 2.78 bits per heavy atom. The number of hydrogen-bond acceptors (Lipinski definition) is 3. The SMILES string of the molecule is CCC(C)(CCO)NC(=O)c1cc(Cl)ccc1N. The van der Waals surface area contributed by atoms with Crippen molar-refractivity contribution in [3.8, 4) is 0 Å². The van der Waals surface area contributed by atoms with Gasteiger partial charge in [0, 0.05) is 22.9 Å². The number of aliphatic hydroxyl groups excluding tert-OH is 1. The Morgan fingerprint density at radius 2 is 2.22 bits per heavy atom. The second-order valence-electron chi connectivity index (χ2n) is 4.57. The van der Waals surface area contributed by atoms with Crippen LogP contribution in [0.2, 0.25) is 5.02 Å². The maximum Gasteiger partial charge on any atom is 0.253 e. The van der Waals surface area contributed by atoms with E-state index in [1.165, 1.54) is 0 Å². The number of anilines is 1. The van der Waals surface area contributed by atoms with E-state index in [-0.39, 0.29) is 12.5 Å². The third kappa shape index (κ3) is 3.62. The number of carbonyl (C=O) groups excluding carboxylic acids is 1. The van der Waals surface area contributed by atoms with Gasteiger partial charge in [0.05, 0.1) is 5.56 Å². The maximum absolute atomic E-state index is 12.1. The molecule has 0 heterocycles. The summed E-state index contributed by atoms with van der Waals surface area (Å²) in [5, 5.41) is 12.4. The zero-order valence-electron chi connectivity index (χ0n) is 10.7. The molecule has 0 radical (unpaired) electrons. The monoisotopic (exact) mass is 270 g/mol. The Bertz CT molecular complexity index is 437. The number of nitrogen functional groups attached to an aromatic ring is 1. The molecule has 0 aromatic heterocycles. The summed E-state index contributed by atoms with van der Waals surface area (Å²) in [5.41, 5.74) is 6.06. The van der Waals surface area contributed by atoms with Gasteiger partial charge in [-0.1, -0.05) is 18.5 Å². The summed E-state index contributed by atoms with van der Waals surface area (Å²) in [7, 11) is 0. The molecular formula is C13H19ClN2O2. The predicted octanol–water partition coefficient (Wildman–Crippen LogP) is 2.20. The van der Waals surface area contributed by atoms with E-state index in [0.717, 1.165) is 6.42 Å². The first-order chi connectivity index (χ1) is 8.41. The van der Waals surface area contributed by atoms with Gasteiger partial charge < -0.3 is 16.2 Å². The van der Waals surface area contributed by atoms with E-state index < -0.39 is 5.54 Å². The highest BCUT2D eigenvalue weighted by molar-refractivity contribution is 6.31. The largest absolute Gasteiger partial charge is 0.398 e. The molecule has 1 aromatic rings. The summed E-state index contributed by atoms with van der Waals surface area (Å²) in [4.78, 5) is 12.1. The van der Waals surface area contributed by atoms with Gasteiger partial charge in [0.15, 0.2) is 0 Å². The summed E-state index contributed by atoms with van der Waals surface area (Å²) in [6.45, 7) is 3.87. The normalized spacial score (nSPS) is 14.0. The van der Waals surface area contributed by atoms with Crippen molar-refractivity contribution in [2.75, 3.05) is 12.3 Å². The van der Waals surface area contributed by atoms with Crippen molar-refractivity contribution in [3.05, 3.63) is 28.8 Å². The highest BCUT2D eigenvalue weighted by Crippen LogP contribution is 2.20. The minimum atomic E-state index is -0.444. The molecule has 1 unspecified atom stereocenters. The molecule has 0 saturated heterocycles. The van der Waals surface area contributed by atoms with Gasteiger partial charge in [-0.3, -0.25) is 4.79 Å². The number of rotatable bonds is 5. The average molecular weight is 271 g/mol. The number of nitrogens with two attached hydrogens (primary N) is 1. The second-order valence-corrected chi connectivity index (χ2v) is 5.01. The zero-order chi connectivity index (χ0) is 13.8. The van der Waals surface area contributed by atoms with Crippen LogP contribution in [-0.4, -0.2) is 23.2 Å². The smallest absolute Gasteiger partial charge is 0.253 e. The molecule has 18 heavy (non-hydrogen) atoms. The van der Waals surface area contributed by atoms with Crippen LogP contribution < -0.4 is 11.1 Å². The quantitative estimate of drug-likeness (QED) is 0.718. The fourth-order valence-corrected chi connectivity index (χ4v) is 1.81. The van der Waals surface area contributed by atoms with Crippen molar-refractivity contribution >= 4 is 23.2 Å². The zero-order valence-corrected chi connectivity index (χ0v) is 11.4. The molecule has 5 heteroatoms. The Hall–Kier alpha value is -1.26. The van der Waals surface area contributed by atoms with Gasteiger partial charge >= 0.3 is 0 Å². The van der Waals surface area contributed by atoms with Gasteiger partial charge in [-0.25, -0.2) is 0 Å². The van der Waals surface area contributed by atoms with Crippen LogP contribution >= 0.6 is 11.6 Å². The molecule has 0 aliphatic carbocycles. The molecule has 0 fully saturated rings. The van der Waals surface area contributed by atoms with Crippen molar-refractivity contribution in [1.82, 2.24) is 5.32 Å².